The molecule has 2 aromatic rings. The zero-order valence-corrected chi connectivity index (χ0v) is 13.8. The molecule has 5 nitrogen and oxygen atoms in total. The fourth-order valence-corrected chi connectivity index (χ4v) is 2.19. The Morgan fingerprint density at radius 3 is 2.30 bits per heavy atom. The summed E-state index contributed by atoms with van der Waals surface area (Å²) in [6.07, 6.45) is 1.49. The van der Waals surface area contributed by atoms with Crippen molar-refractivity contribution in [1.29, 1.82) is 0 Å². The molecule has 0 unspecified atom stereocenters. The Labute approximate surface area is 135 Å². The van der Waals surface area contributed by atoms with Gasteiger partial charge in [0.1, 0.15) is 11.3 Å². The number of rotatable bonds is 4. The number of aromatic amines is 1. The highest BCUT2D eigenvalue weighted by molar-refractivity contribution is 6.05. The fourth-order valence-electron chi connectivity index (χ4n) is 2.19. The number of aromatic nitrogens is 1. The Bertz CT molecular complexity index is 696. The normalized spacial score (nSPS) is 11.1. The molecule has 0 aliphatic heterocycles. The van der Waals surface area contributed by atoms with Gasteiger partial charge in [-0.2, -0.15) is 0 Å². The minimum Gasteiger partial charge on any atom is -0.462 e. The van der Waals surface area contributed by atoms with Gasteiger partial charge in [0.05, 0.1) is 12.2 Å². The largest absolute Gasteiger partial charge is 0.462 e. The molecule has 0 fully saturated rings. The molecule has 0 aliphatic carbocycles. The van der Waals surface area contributed by atoms with E-state index in [1.165, 1.54) is 6.20 Å². The van der Waals surface area contributed by atoms with Crippen molar-refractivity contribution < 1.29 is 19.1 Å². The Balaban J connectivity index is 2.51. The molecular formula is C18H21NO4. The summed E-state index contributed by atoms with van der Waals surface area (Å²) in [4.78, 5) is 27.5. The van der Waals surface area contributed by atoms with Gasteiger partial charge in [-0.3, -0.25) is 0 Å². The lowest BCUT2D eigenvalue weighted by Crippen LogP contribution is -2.24. The monoisotopic (exact) mass is 315 g/mol. The molecule has 0 amide bonds. The third-order valence-corrected chi connectivity index (χ3v) is 3.04. The van der Waals surface area contributed by atoms with Crippen molar-refractivity contribution in [1.82, 2.24) is 4.98 Å². The van der Waals surface area contributed by atoms with Gasteiger partial charge in [0.15, 0.2) is 0 Å². The number of esters is 2. The van der Waals surface area contributed by atoms with Crippen LogP contribution in [-0.2, 0) is 9.47 Å². The lowest BCUT2D eigenvalue weighted by Gasteiger charge is -2.19. The van der Waals surface area contributed by atoms with E-state index in [0.29, 0.717) is 11.1 Å². The van der Waals surface area contributed by atoms with Gasteiger partial charge in [-0.25, -0.2) is 9.59 Å². The van der Waals surface area contributed by atoms with Crippen LogP contribution in [0, 0.1) is 0 Å². The molecule has 0 aliphatic rings. The van der Waals surface area contributed by atoms with E-state index in [2.05, 4.69) is 4.98 Å². The predicted molar refractivity (Wildman–Crippen MR) is 87.4 cm³/mol. The van der Waals surface area contributed by atoms with Gasteiger partial charge >= 0.3 is 11.9 Å². The first-order chi connectivity index (χ1) is 10.8. The summed E-state index contributed by atoms with van der Waals surface area (Å²) in [5.41, 5.74) is 1.18. The van der Waals surface area contributed by atoms with Gasteiger partial charge < -0.3 is 14.5 Å². The Morgan fingerprint density at radius 1 is 1.09 bits per heavy atom. The van der Waals surface area contributed by atoms with Crippen LogP contribution < -0.4 is 0 Å². The summed E-state index contributed by atoms with van der Waals surface area (Å²) >= 11 is 0. The average molecular weight is 315 g/mol. The Kier molecular flexibility index (Phi) is 4.89. The summed E-state index contributed by atoms with van der Waals surface area (Å²) in [5, 5.41) is 0. The van der Waals surface area contributed by atoms with E-state index in [0.717, 1.165) is 5.56 Å². The number of carbonyl (C=O) groups is 2. The second-order valence-electron chi connectivity index (χ2n) is 6.04. The van der Waals surface area contributed by atoms with Crippen molar-refractivity contribution >= 4 is 11.9 Å². The molecule has 1 aromatic carbocycles. The van der Waals surface area contributed by atoms with Crippen LogP contribution in [0.3, 0.4) is 0 Å². The highest BCUT2D eigenvalue weighted by atomic mass is 16.6. The Hall–Kier alpha value is -2.56. The predicted octanol–water partition coefficient (Wildman–Crippen LogP) is 3.81. The van der Waals surface area contributed by atoms with Crippen molar-refractivity contribution in [2.75, 3.05) is 6.61 Å². The molecule has 0 atom stereocenters. The van der Waals surface area contributed by atoms with Crippen molar-refractivity contribution in [2.24, 2.45) is 0 Å². The highest BCUT2D eigenvalue weighted by Crippen LogP contribution is 2.29. The van der Waals surface area contributed by atoms with Gasteiger partial charge in [0, 0.05) is 11.8 Å². The fraction of sp³-hybridized carbons (Fsp3) is 0.333. The standard InChI is InChI=1S/C18H21NO4/c1-5-22-16(20)13-11-19-15(17(21)23-18(2,3)4)14(13)12-9-7-6-8-10-12/h6-11,19H,5H2,1-4H3. The van der Waals surface area contributed by atoms with Crippen LogP contribution in [0.15, 0.2) is 36.5 Å². The molecule has 1 N–H and O–H groups in total. The highest BCUT2D eigenvalue weighted by Gasteiger charge is 2.27. The number of hydrogen-bond donors (Lipinski definition) is 1. The number of H-pyrrole nitrogens is 1. The third kappa shape index (κ3) is 4.00. The van der Waals surface area contributed by atoms with E-state index in [1.807, 2.05) is 30.3 Å². The molecule has 23 heavy (non-hydrogen) atoms. The van der Waals surface area contributed by atoms with Gasteiger partial charge in [0.2, 0.25) is 0 Å². The van der Waals surface area contributed by atoms with E-state index >= 15 is 0 Å². The SMILES string of the molecule is CCOC(=O)c1c[nH]c(C(=O)OC(C)(C)C)c1-c1ccccc1. The first-order valence-corrected chi connectivity index (χ1v) is 7.50. The van der Waals surface area contributed by atoms with Crippen LogP contribution in [0.25, 0.3) is 11.1 Å². The summed E-state index contributed by atoms with van der Waals surface area (Å²) in [5.74, 6) is -0.982. The zero-order chi connectivity index (χ0) is 17.0. The van der Waals surface area contributed by atoms with Crippen molar-refractivity contribution in [3.05, 3.63) is 47.8 Å². The minimum atomic E-state index is -0.625. The molecule has 0 bridgehead atoms. The third-order valence-electron chi connectivity index (χ3n) is 3.04. The first-order valence-electron chi connectivity index (χ1n) is 7.50. The summed E-state index contributed by atoms with van der Waals surface area (Å²) in [6.45, 7) is 7.38. The van der Waals surface area contributed by atoms with Crippen LogP contribution >= 0.6 is 0 Å². The van der Waals surface area contributed by atoms with Gasteiger partial charge in [-0.1, -0.05) is 30.3 Å². The van der Waals surface area contributed by atoms with Crippen LogP contribution in [-0.4, -0.2) is 29.1 Å². The zero-order valence-electron chi connectivity index (χ0n) is 13.8. The van der Waals surface area contributed by atoms with E-state index < -0.39 is 17.5 Å². The maximum Gasteiger partial charge on any atom is 0.355 e. The van der Waals surface area contributed by atoms with Gasteiger partial charge in [0.25, 0.3) is 0 Å². The number of carbonyl (C=O) groups excluding carboxylic acids is 2. The van der Waals surface area contributed by atoms with Crippen molar-refractivity contribution in [3.8, 4) is 11.1 Å². The lowest BCUT2D eigenvalue weighted by atomic mass is 10.0. The lowest BCUT2D eigenvalue weighted by molar-refractivity contribution is 0.00645. The summed E-state index contributed by atoms with van der Waals surface area (Å²) in [7, 11) is 0. The molecule has 1 heterocycles. The molecular weight excluding hydrogens is 294 g/mol. The molecule has 122 valence electrons. The minimum absolute atomic E-state index is 0.245. The molecule has 0 saturated carbocycles. The number of nitrogens with one attached hydrogen (secondary N) is 1. The second kappa shape index (κ2) is 6.69. The molecule has 2 rings (SSSR count). The van der Waals surface area contributed by atoms with Gasteiger partial charge in [-0.05, 0) is 33.3 Å². The van der Waals surface area contributed by atoms with E-state index in [1.54, 1.807) is 27.7 Å². The molecule has 1 aromatic heterocycles. The molecule has 0 saturated heterocycles. The quantitative estimate of drug-likeness (QED) is 0.871. The number of ether oxygens (including phenoxy) is 2. The molecule has 0 radical (unpaired) electrons. The summed E-state index contributed by atoms with van der Waals surface area (Å²) in [6, 6.07) is 9.22. The molecule has 5 heteroatoms. The topological polar surface area (TPSA) is 68.4 Å². The van der Waals surface area contributed by atoms with Crippen molar-refractivity contribution in [3.63, 3.8) is 0 Å². The average Bonchev–Trinajstić information content (AvgIpc) is 2.91. The Morgan fingerprint density at radius 2 is 1.74 bits per heavy atom. The molecule has 0 spiro atoms. The van der Waals surface area contributed by atoms with Crippen LogP contribution in [0.5, 0.6) is 0 Å². The number of hydrogen-bond acceptors (Lipinski definition) is 4. The van der Waals surface area contributed by atoms with Crippen LogP contribution in [0.1, 0.15) is 48.5 Å². The smallest absolute Gasteiger partial charge is 0.355 e. The van der Waals surface area contributed by atoms with Crippen molar-refractivity contribution in [2.45, 2.75) is 33.3 Å². The number of benzene rings is 1. The maximum absolute atomic E-state index is 12.4. The van der Waals surface area contributed by atoms with Gasteiger partial charge in [-0.15, -0.1) is 0 Å². The second-order valence-corrected chi connectivity index (χ2v) is 6.04. The van der Waals surface area contributed by atoms with Crippen LogP contribution in [0.4, 0.5) is 0 Å². The first kappa shape index (κ1) is 16.8. The maximum atomic E-state index is 12.4. The van der Waals surface area contributed by atoms with E-state index in [4.69, 9.17) is 9.47 Å². The van der Waals surface area contributed by atoms with E-state index in [-0.39, 0.29) is 12.3 Å². The van der Waals surface area contributed by atoms with E-state index in [9.17, 15) is 9.59 Å². The van der Waals surface area contributed by atoms with Crippen LogP contribution in [0.2, 0.25) is 0 Å². The summed E-state index contributed by atoms with van der Waals surface area (Å²) < 4.78 is 10.5.